The lowest BCUT2D eigenvalue weighted by Gasteiger charge is -2.19. The highest BCUT2D eigenvalue weighted by molar-refractivity contribution is 9.10. The van der Waals surface area contributed by atoms with Gasteiger partial charge in [0.15, 0.2) is 0 Å². The summed E-state index contributed by atoms with van der Waals surface area (Å²) in [6.07, 6.45) is 1.68. The number of anilines is 1. The van der Waals surface area contributed by atoms with Gasteiger partial charge in [-0.05, 0) is 42.8 Å². The summed E-state index contributed by atoms with van der Waals surface area (Å²) < 4.78 is 5.78. The van der Waals surface area contributed by atoms with E-state index >= 15 is 0 Å². The van der Waals surface area contributed by atoms with Crippen molar-refractivity contribution < 1.29 is 14.3 Å². The minimum Gasteiger partial charge on any atom is -0.465 e. The third-order valence-corrected chi connectivity index (χ3v) is 4.86. The Labute approximate surface area is 164 Å². The van der Waals surface area contributed by atoms with E-state index in [1.54, 1.807) is 37.3 Å². The zero-order valence-electron chi connectivity index (χ0n) is 14.1. The van der Waals surface area contributed by atoms with Crippen LogP contribution in [0.3, 0.4) is 0 Å². The number of carbonyl (C=O) groups is 2. The lowest BCUT2D eigenvalue weighted by Crippen LogP contribution is -2.24. The summed E-state index contributed by atoms with van der Waals surface area (Å²) >= 11 is 9.68. The molecule has 0 aliphatic carbocycles. The molecule has 2 aromatic rings. The normalized spacial score (nSPS) is 15.8. The Morgan fingerprint density at radius 2 is 1.92 bits per heavy atom. The van der Waals surface area contributed by atoms with Gasteiger partial charge in [0.2, 0.25) is 0 Å². The van der Waals surface area contributed by atoms with Crippen LogP contribution < -0.4 is 4.90 Å². The van der Waals surface area contributed by atoms with Gasteiger partial charge in [-0.25, -0.2) is 4.79 Å². The third-order valence-electron chi connectivity index (χ3n) is 4.04. The molecule has 0 radical (unpaired) electrons. The number of para-hydroxylation sites is 1. The van der Waals surface area contributed by atoms with E-state index in [-0.39, 0.29) is 17.1 Å². The third kappa shape index (κ3) is 3.32. The molecule has 132 valence electrons. The van der Waals surface area contributed by atoms with E-state index in [2.05, 4.69) is 15.9 Å². The number of hydrogen-bond donors (Lipinski definition) is 0. The van der Waals surface area contributed by atoms with Gasteiger partial charge in [0.1, 0.15) is 0 Å². The monoisotopic (exact) mass is 431 g/mol. The number of esters is 1. The number of carbonyl (C=O) groups excluding carboxylic acids is 2. The average molecular weight is 433 g/mol. The molecule has 1 aliphatic rings. The number of nitrogens with zero attached hydrogens (tertiary/aromatic N) is 1. The summed E-state index contributed by atoms with van der Waals surface area (Å²) in [5, 5.41) is 0.424. The van der Waals surface area contributed by atoms with Crippen LogP contribution >= 0.6 is 27.5 Å². The quantitative estimate of drug-likeness (QED) is 0.508. The van der Waals surface area contributed by atoms with Crippen LogP contribution in [0, 0.1) is 0 Å². The predicted molar refractivity (Wildman–Crippen MR) is 106 cm³/mol. The lowest BCUT2D eigenvalue weighted by molar-refractivity contribution is -0.136. The highest BCUT2D eigenvalue weighted by atomic mass is 79.9. The van der Waals surface area contributed by atoms with Crippen LogP contribution in [-0.4, -0.2) is 19.0 Å². The molecule has 0 aromatic heterocycles. The molecule has 0 saturated carbocycles. The van der Waals surface area contributed by atoms with Crippen LogP contribution in [-0.2, 0) is 14.3 Å². The molecule has 0 saturated heterocycles. The molecule has 0 unspecified atom stereocenters. The molecule has 26 heavy (non-hydrogen) atoms. The van der Waals surface area contributed by atoms with Crippen LogP contribution in [0.5, 0.6) is 0 Å². The molecule has 0 fully saturated rings. The van der Waals surface area contributed by atoms with Crippen LogP contribution in [0.1, 0.15) is 12.5 Å². The molecule has 0 N–H and O–H groups in total. The second-order valence-corrected chi connectivity index (χ2v) is 6.98. The van der Waals surface area contributed by atoms with Crippen molar-refractivity contribution in [2.24, 2.45) is 0 Å². The first-order valence-corrected chi connectivity index (χ1v) is 8.97. The SMILES string of the molecule is COC(=O)C1=C(C)N(c2ccccc2Cl)C(=O)/C1=C\c1cccc(Br)c1. The highest BCUT2D eigenvalue weighted by Gasteiger charge is 2.38. The number of hydrogen-bond acceptors (Lipinski definition) is 3. The summed E-state index contributed by atoms with van der Waals surface area (Å²) in [4.78, 5) is 26.9. The van der Waals surface area contributed by atoms with Crippen LogP contribution in [0.2, 0.25) is 5.02 Å². The van der Waals surface area contributed by atoms with Gasteiger partial charge in [0.25, 0.3) is 5.91 Å². The number of rotatable bonds is 3. The smallest absolute Gasteiger partial charge is 0.340 e. The number of ether oxygens (including phenoxy) is 1. The van der Waals surface area contributed by atoms with E-state index in [0.717, 1.165) is 10.0 Å². The van der Waals surface area contributed by atoms with Gasteiger partial charge in [-0.2, -0.15) is 0 Å². The highest BCUT2D eigenvalue weighted by Crippen LogP contribution is 2.38. The number of halogens is 2. The summed E-state index contributed by atoms with van der Waals surface area (Å²) in [6.45, 7) is 1.70. The van der Waals surface area contributed by atoms with Gasteiger partial charge >= 0.3 is 5.97 Å². The van der Waals surface area contributed by atoms with E-state index in [9.17, 15) is 9.59 Å². The minimum absolute atomic E-state index is 0.234. The van der Waals surface area contributed by atoms with E-state index in [1.165, 1.54) is 12.0 Å². The second-order valence-electron chi connectivity index (χ2n) is 5.66. The maximum Gasteiger partial charge on any atom is 0.340 e. The molecule has 4 nitrogen and oxygen atoms in total. The maximum absolute atomic E-state index is 13.1. The van der Waals surface area contributed by atoms with Crippen LogP contribution in [0.25, 0.3) is 6.08 Å². The minimum atomic E-state index is -0.563. The van der Waals surface area contributed by atoms with E-state index in [4.69, 9.17) is 16.3 Å². The van der Waals surface area contributed by atoms with Crippen molar-refractivity contribution in [2.45, 2.75) is 6.92 Å². The Balaban J connectivity index is 2.17. The Bertz CT molecular complexity index is 965. The topological polar surface area (TPSA) is 46.6 Å². The number of methoxy groups -OCH3 is 1. The largest absolute Gasteiger partial charge is 0.465 e. The van der Waals surface area contributed by atoms with Crippen molar-refractivity contribution in [1.82, 2.24) is 0 Å². The van der Waals surface area contributed by atoms with Crippen molar-refractivity contribution in [1.29, 1.82) is 0 Å². The van der Waals surface area contributed by atoms with Crippen LogP contribution in [0.4, 0.5) is 5.69 Å². The lowest BCUT2D eigenvalue weighted by atomic mass is 10.0. The standard InChI is InChI=1S/C20H15BrClNO3/c1-12-18(20(25)26-2)15(11-13-6-5-7-14(21)10-13)19(24)23(12)17-9-4-3-8-16(17)22/h3-11H,1-2H3/b15-11-. The molecule has 1 aliphatic heterocycles. The number of benzene rings is 2. The van der Waals surface area contributed by atoms with E-state index in [0.29, 0.717) is 16.4 Å². The first-order chi connectivity index (χ1) is 12.4. The molecule has 1 heterocycles. The van der Waals surface area contributed by atoms with Crippen molar-refractivity contribution in [3.63, 3.8) is 0 Å². The first kappa shape index (κ1) is 18.4. The van der Waals surface area contributed by atoms with Gasteiger partial charge in [-0.15, -0.1) is 0 Å². The summed E-state index contributed by atoms with van der Waals surface area (Å²) in [5.41, 5.74) is 2.30. The Hall–Kier alpha value is -2.37. The molecule has 6 heteroatoms. The fourth-order valence-electron chi connectivity index (χ4n) is 2.87. The maximum atomic E-state index is 13.1. The average Bonchev–Trinajstić information content (AvgIpc) is 2.85. The molecule has 0 atom stereocenters. The zero-order valence-corrected chi connectivity index (χ0v) is 16.5. The summed E-state index contributed by atoms with van der Waals surface area (Å²) in [5.74, 6) is -0.886. The number of amides is 1. The van der Waals surface area contributed by atoms with Gasteiger partial charge in [-0.1, -0.05) is 51.8 Å². The van der Waals surface area contributed by atoms with Gasteiger partial charge in [0, 0.05) is 10.2 Å². The molecule has 1 amide bonds. The molecule has 0 spiro atoms. The van der Waals surface area contributed by atoms with Crippen molar-refractivity contribution in [3.05, 3.63) is 80.4 Å². The summed E-state index contributed by atoms with van der Waals surface area (Å²) in [6, 6.07) is 14.5. The van der Waals surface area contributed by atoms with Crippen LogP contribution in [0.15, 0.2) is 69.8 Å². The Morgan fingerprint density at radius 1 is 1.19 bits per heavy atom. The van der Waals surface area contributed by atoms with Crippen molar-refractivity contribution in [3.8, 4) is 0 Å². The molecular weight excluding hydrogens is 418 g/mol. The van der Waals surface area contributed by atoms with E-state index in [1.807, 2.05) is 24.3 Å². The molecule has 3 rings (SSSR count). The zero-order chi connectivity index (χ0) is 18.8. The van der Waals surface area contributed by atoms with E-state index < -0.39 is 5.97 Å². The molecule has 2 aromatic carbocycles. The Kier molecular flexibility index (Phi) is 5.30. The molecular formula is C20H15BrClNO3. The predicted octanol–water partition coefficient (Wildman–Crippen LogP) is 4.98. The second kappa shape index (κ2) is 7.48. The first-order valence-electron chi connectivity index (χ1n) is 7.80. The number of allylic oxidation sites excluding steroid dienone is 1. The Morgan fingerprint density at radius 3 is 2.58 bits per heavy atom. The van der Waals surface area contributed by atoms with Crippen molar-refractivity contribution >= 4 is 51.2 Å². The fraction of sp³-hybridized carbons (Fsp3) is 0.100. The van der Waals surface area contributed by atoms with Gasteiger partial charge in [0.05, 0.1) is 29.0 Å². The summed E-state index contributed by atoms with van der Waals surface area (Å²) in [7, 11) is 1.29. The van der Waals surface area contributed by atoms with Gasteiger partial charge in [-0.3, -0.25) is 9.69 Å². The molecule has 0 bridgehead atoms. The van der Waals surface area contributed by atoms with Gasteiger partial charge < -0.3 is 4.74 Å². The fourth-order valence-corrected chi connectivity index (χ4v) is 3.50. The van der Waals surface area contributed by atoms with Crippen molar-refractivity contribution in [2.75, 3.05) is 12.0 Å².